The molecular formula is C32H28Cl2N2O6S. The zero-order chi connectivity index (χ0) is 30.5. The van der Waals surface area contributed by atoms with Crippen LogP contribution >= 0.6 is 34.5 Å². The first-order valence-corrected chi connectivity index (χ1v) is 14.9. The third-order valence-corrected chi connectivity index (χ3v) is 8.30. The van der Waals surface area contributed by atoms with E-state index in [1.165, 1.54) is 30.1 Å². The van der Waals surface area contributed by atoms with Gasteiger partial charge in [0, 0.05) is 17.2 Å². The van der Waals surface area contributed by atoms with Crippen molar-refractivity contribution in [3.8, 4) is 11.5 Å². The van der Waals surface area contributed by atoms with Crippen molar-refractivity contribution in [2.75, 3.05) is 27.4 Å². The highest BCUT2D eigenvalue weighted by Crippen LogP contribution is 2.36. The number of thiazole rings is 1. The van der Waals surface area contributed by atoms with Crippen LogP contribution in [0.4, 0.5) is 0 Å². The van der Waals surface area contributed by atoms with E-state index in [9.17, 15) is 9.59 Å². The van der Waals surface area contributed by atoms with Gasteiger partial charge in [0.2, 0.25) is 0 Å². The molecule has 1 aromatic heterocycles. The lowest BCUT2D eigenvalue weighted by Gasteiger charge is -2.25. The summed E-state index contributed by atoms with van der Waals surface area (Å²) in [6.07, 6.45) is 1.69. The highest BCUT2D eigenvalue weighted by molar-refractivity contribution is 7.07. The average Bonchev–Trinajstić information content (AvgIpc) is 3.31. The van der Waals surface area contributed by atoms with Gasteiger partial charge in [0.25, 0.3) is 5.56 Å². The molecule has 0 spiro atoms. The smallest absolute Gasteiger partial charge is 0.338 e. The molecule has 4 aromatic rings. The van der Waals surface area contributed by atoms with Gasteiger partial charge in [0.15, 0.2) is 16.3 Å². The number of fused-ring (bicyclic) bond motifs is 1. The molecule has 0 radical (unpaired) electrons. The lowest BCUT2D eigenvalue weighted by molar-refractivity contribution is -0.140. The summed E-state index contributed by atoms with van der Waals surface area (Å²) in [6, 6.07) is 19.3. The highest BCUT2D eigenvalue weighted by Gasteiger charge is 2.34. The molecule has 11 heteroatoms. The number of allylic oxidation sites excluding steroid dienone is 1. The second kappa shape index (κ2) is 13.6. The molecule has 5 rings (SSSR count). The molecule has 43 heavy (non-hydrogen) atoms. The summed E-state index contributed by atoms with van der Waals surface area (Å²) in [5.74, 6) is 0.372. The van der Waals surface area contributed by atoms with E-state index >= 15 is 0 Å². The third kappa shape index (κ3) is 6.70. The number of aromatic nitrogens is 1. The monoisotopic (exact) mass is 638 g/mol. The first-order chi connectivity index (χ1) is 20.8. The Morgan fingerprint density at radius 2 is 1.81 bits per heavy atom. The number of benzene rings is 3. The Labute approximate surface area is 262 Å². The molecule has 1 atom stereocenters. The van der Waals surface area contributed by atoms with Gasteiger partial charge in [-0.1, -0.05) is 77.0 Å². The topological polar surface area (TPSA) is 88.4 Å². The quantitative estimate of drug-likeness (QED) is 0.173. The summed E-state index contributed by atoms with van der Waals surface area (Å²) in [5, 5.41) is 0.894. The number of halogens is 2. The van der Waals surface area contributed by atoms with Gasteiger partial charge in [-0.3, -0.25) is 9.36 Å². The number of nitrogens with zero attached hydrogens (tertiary/aromatic N) is 2. The van der Waals surface area contributed by atoms with E-state index in [-0.39, 0.29) is 24.3 Å². The second-order valence-corrected chi connectivity index (χ2v) is 11.4. The van der Waals surface area contributed by atoms with E-state index in [0.29, 0.717) is 54.3 Å². The number of rotatable bonds is 10. The van der Waals surface area contributed by atoms with E-state index in [1.54, 1.807) is 43.3 Å². The van der Waals surface area contributed by atoms with Crippen molar-refractivity contribution in [1.82, 2.24) is 4.57 Å². The van der Waals surface area contributed by atoms with Crippen molar-refractivity contribution in [2.45, 2.75) is 19.6 Å². The van der Waals surface area contributed by atoms with Crippen molar-refractivity contribution in [2.24, 2.45) is 4.99 Å². The zero-order valence-electron chi connectivity index (χ0n) is 23.6. The maximum atomic E-state index is 14.0. The fourth-order valence-corrected chi connectivity index (χ4v) is 6.16. The molecule has 0 N–H and O–H groups in total. The molecule has 0 aliphatic carbocycles. The van der Waals surface area contributed by atoms with Crippen LogP contribution in [-0.4, -0.2) is 38.0 Å². The summed E-state index contributed by atoms with van der Waals surface area (Å²) < 4.78 is 24.2. The Hall–Kier alpha value is -3.89. The van der Waals surface area contributed by atoms with Crippen LogP contribution < -0.4 is 24.4 Å². The molecule has 3 aromatic carbocycles. The maximum Gasteiger partial charge on any atom is 0.338 e. The number of carbonyl (C=O) groups is 1. The minimum Gasteiger partial charge on any atom is -0.493 e. The lowest BCUT2D eigenvalue weighted by Crippen LogP contribution is -2.40. The van der Waals surface area contributed by atoms with Crippen LogP contribution in [0.15, 0.2) is 87.8 Å². The minimum absolute atomic E-state index is 0.0495. The Kier molecular flexibility index (Phi) is 9.67. The average molecular weight is 640 g/mol. The van der Waals surface area contributed by atoms with Gasteiger partial charge in [0.05, 0.1) is 35.6 Å². The normalized spacial score (nSPS) is 14.7. The van der Waals surface area contributed by atoms with Crippen molar-refractivity contribution in [1.29, 1.82) is 0 Å². The van der Waals surface area contributed by atoms with Crippen LogP contribution in [0, 0.1) is 0 Å². The number of esters is 1. The Morgan fingerprint density at radius 1 is 1.02 bits per heavy atom. The molecule has 1 aliphatic rings. The largest absolute Gasteiger partial charge is 0.493 e. The first-order valence-electron chi connectivity index (χ1n) is 13.3. The number of hydrogen-bond donors (Lipinski definition) is 0. The number of methoxy groups -OCH3 is 2. The van der Waals surface area contributed by atoms with E-state index in [1.807, 2.05) is 36.4 Å². The van der Waals surface area contributed by atoms with Crippen molar-refractivity contribution in [3.05, 3.63) is 124 Å². The van der Waals surface area contributed by atoms with E-state index < -0.39 is 12.0 Å². The van der Waals surface area contributed by atoms with Crippen molar-refractivity contribution >= 4 is 46.6 Å². The van der Waals surface area contributed by atoms with Gasteiger partial charge in [0.1, 0.15) is 13.2 Å². The molecule has 0 amide bonds. The van der Waals surface area contributed by atoms with E-state index in [4.69, 9.17) is 42.1 Å². The zero-order valence-corrected chi connectivity index (χ0v) is 26.0. The van der Waals surface area contributed by atoms with Crippen molar-refractivity contribution < 1.29 is 23.7 Å². The second-order valence-electron chi connectivity index (χ2n) is 9.56. The Balaban J connectivity index is 1.61. The first kappa shape index (κ1) is 30.6. The van der Waals surface area contributed by atoms with Gasteiger partial charge in [-0.25, -0.2) is 9.79 Å². The summed E-state index contributed by atoms with van der Waals surface area (Å²) in [4.78, 5) is 32.5. The third-order valence-electron chi connectivity index (χ3n) is 6.75. The molecule has 0 saturated carbocycles. The standard InChI is InChI=1S/C32H28Cl2N2O6S/c1-19-28(31(38)41-14-13-39-2)29(22-10-12-25(26(15-22)40-3)42-18-20-7-5-4-6-8-20)36-30(37)27(43-32(36)35-19)16-21-9-11-23(33)17-24(21)34/h4-12,15-17,29H,13-14,18H2,1-3H3/b27-16-. The molecule has 2 heterocycles. The number of carbonyl (C=O) groups excluding carboxylic acids is 1. The minimum atomic E-state index is -0.841. The SMILES string of the molecule is COCCOC(=O)C1=C(C)N=c2s/c(=C\c3ccc(Cl)cc3Cl)c(=O)n2C1c1ccc(OCc2ccccc2)c(OC)c1. The number of ether oxygens (including phenoxy) is 4. The van der Waals surface area contributed by atoms with Crippen molar-refractivity contribution in [3.63, 3.8) is 0 Å². The van der Waals surface area contributed by atoms with Gasteiger partial charge >= 0.3 is 5.97 Å². The summed E-state index contributed by atoms with van der Waals surface area (Å²) in [6.45, 7) is 2.34. The van der Waals surface area contributed by atoms with Gasteiger partial charge in [-0.15, -0.1) is 0 Å². The van der Waals surface area contributed by atoms with Crippen LogP contribution in [0.1, 0.15) is 29.7 Å². The van der Waals surface area contributed by atoms with Crippen LogP contribution in [0.3, 0.4) is 0 Å². The molecule has 8 nitrogen and oxygen atoms in total. The van der Waals surface area contributed by atoms with Gasteiger partial charge in [-0.2, -0.15) is 0 Å². The molecule has 0 saturated heterocycles. The van der Waals surface area contributed by atoms with Crippen LogP contribution in [0.25, 0.3) is 6.08 Å². The molecular weight excluding hydrogens is 611 g/mol. The lowest BCUT2D eigenvalue weighted by atomic mass is 9.95. The summed E-state index contributed by atoms with van der Waals surface area (Å²) >= 11 is 13.7. The maximum absolute atomic E-state index is 14.0. The van der Waals surface area contributed by atoms with E-state index in [2.05, 4.69) is 4.99 Å². The molecule has 0 bridgehead atoms. The summed E-state index contributed by atoms with van der Waals surface area (Å²) in [7, 11) is 3.06. The predicted molar refractivity (Wildman–Crippen MR) is 167 cm³/mol. The van der Waals surface area contributed by atoms with Crippen LogP contribution in [-0.2, 0) is 20.9 Å². The number of hydrogen-bond acceptors (Lipinski definition) is 8. The Morgan fingerprint density at radius 3 is 2.53 bits per heavy atom. The fraction of sp³-hybridized carbons (Fsp3) is 0.219. The van der Waals surface area contributed by atoms with Crippen LogP contribution in [0.2, 0.25) is 10.0 Å². The molecule has 1 aliphatic heterocycles. The highest BCUT2D eigenvalue weighted by atomic mass is 35.5. The molecule has 222 valence electrons. The van der Waals surface area contributed by atoms with Gasteiger partial charge in [-0.05, 0) is 54.0 Å². The molecule has 0 fully saturated rings. The van der Waals surface area contributed by atoms with E-state index in [0.717, 1.165) is 5.56 Å². The summed E-state index contributed by atoms with van der Waals surface area (Å²) in [5.41, 5.74) is 2.59. The predicted octanol–water partition coefficient (Wildman–Crippen LogP) is 5.32. The molecule has 1 unspecified atom stereocenters. The van der Waals surface area contributed by atoms with Gasteiger partial charge < -0.3 is 18.9 Å². The Bertz CT molecular complexity index is 1870. The fourth-order valence-electron chi connectivity index (χ4n) is 4.66. The van der Waals surface area contributed by atoms with Crippen LogP contribution in [0.5, 0.6) is 11.5 Å².